The molecule has 10 heteroatoms. The molecule has 2 aromatic carbocycles. The molecule has 0 aliphatic heterocycles. The molecule has 198 valence electrons. The number of benzene rings is 2. The normalized spacial score (nSPS) is 12.7. The van der Waals surface area contributed by atoms with Gasteiger partial charge in [-0.3, -0.25) is 0 Å². The van der Waals surface area contributed by atoms with Gasteiger partial charge in [0.05, 0.1) is 31.0 Å². The molecule has 0 amide bonds. The summed E-state index contributed by atoms with van der Waals surface area (Å²) in [6.45, 7) is 2.30. The summed E-state index contributed by atoms with van der Waals surface area (Å²) < 4.78 is 13.3. The molecule has 2 heterocycles. The van der Waals surface area contributed by atoms with Crippen molar-refractivity contribution in [3.8, 4) is 0 Å². The van der Waals surface area contributed by atoms with Crippen molar-refractivity contribution >= 4 is 11.9 Å². The van der Waals surface area contributed by atoms with Crippen molar-refractivity contribution in [3.05, 3.63) is 107 Å². The van der Waals surface area contributed by atoms with Crippen molar-refractivity contribution in [1.82, 2.24) is 19.1 Å². The van der Waals surface area contributed by atoms with Crippen LogP contribution < -0.4 is 0 Å². The molecule has 0 aliphatic carbocycles. The summed E-state index contributed by atoms with van der Waals surface area (Å²) in [6.07, 6.45) is 3.44. The monoisotopic (exact) mass is 518 g/mol. The molecule has 0 radical (unpaired) electrons. The Hall–Kier alpha value is -4.28. The average Bonchev–Trinajstić information content (AvgIpc) is 3.55. The van der Waals surface area contributed by atoms with Gasteiger partial charge in [0.25, 0.3) is 0 Å². The lowest BCUT2D eigenvalue weighted by molar-refractivity contribution is 0.0591. The summed E-state index contributed by atoms with van der Waals surface area (Å²) in [5, 5.41) is 21.4. The van der Waals surface area contributed by atoms with E-state index in [1.807, 2.05) is 18.2 Å². The average molecular weight is 519 g/mol. The molecule has 0 aliphatic rings. The zero-order valence-corrected chi connectivity index (χ0v) is 21.4. The van der Waals surface area contributed by atoms with Gasteiger partial charge in [-0.05, 0) is 36.2 Å². The van der Waals surface area contributed by atoms with Crippen LogP contribution in [0, 0.1) is 0 Å². The van der Waals surface area contributed by atoms with Gasteiger partial charge in [-0.1, -0.05) is 30.3 Å². The topological polar surface area (TPSA) is 129 Å². The Morgan fingerprint density at radius 1 is 0.947 bits per heavy atom. The van der Waals surface area contributed by atoms with E-state index in [1.165, 1.54) is 14.2 Å². The van der Waals surface area contributed by atoms with Gasteiger partial charge in [0.15, 0.2) is 0 Å². The zero-order valence-electron chi connectivity index (χ0n) is 21.4. The summed E-state index contributed by atoms with van der Waals surface area (Å²) in [6, 6.07) is 14.2. The number of esters is 2. The highest BCUT2D eigenvalue weighted by atomic mass is 16.5. The van der Waals surface area contributed by atoms with Crippen LogP contribution in [0.5, 0.6) is 0 Å². The van der Waals surface area contributed by atoms with Crippen LogP contribution in [0.25, 0.3) is 0 Å². The first kappa shape index (κ1) is 26.8. The molecule has 4 rings (SSSR count). The SMILES string of the molecule is COC(=O)c1cccc(Cn2ccnc2C(O)Cc2cn(Cc3ccccc3C(=O)OC)c(C(C)O)n2)c1. The molecule has 0 saturated carbocycles. The number of ether oxygens (including phenoxy) is 2. The molecule has 2 aromatic heterocycles. The van der Waals surface area contributed by atoms with Crippen LogP contribution in [0.4, 0.5) is 0 Å². The lowest BCUT2D eigenvalue weighted by Gasteiger charge is -2.13. The number of carbonyl (C=O) groups excluding carboxylic acids is 2. The summed E-state index contributed by atoms with van der Waals surface area (Å²) in [5.74, 6) is -0.0112. The predicted molar refractivity (Wildman–Crippen MR) is 138 cm³/mol. The van der Waals surface area contributed by atoms with Crippen LogP contribution in [0.1, 0.15) is 68.3 Å². The minimum atomic E-state index is -0.971. The standard InChI is InChI=1S/C28H30N4O6/c1-18(33)25-30-22(17-32(25)16-21-8-4-5-10-23(21)28(36)38-3)14-24(34)26-29-11-12-31(26)15-19-7-6-9-20(13-19)27(35)37-2/h4-13,17-18,24,33-34H,14-16H2,1-3H3. The second kappa shape index (κ2) is 11.8. The Balaban J connectivity index is 1.54. The fraction of sp³-hybridized carbons (Fsp3) is 0.286. The fourth-order valence-corrected chi connectivity index (χ4v) is 4.35. The third kappa shape index (κ3) is 5.99. The summed E-state index contributed by atoms with van der Waals surface area (Å²) >= 11 is 0. The molecular weight excluding hydrogens is 488 g/mol. The minimum absolute atomic E-state index is 0.157. The molecule has 2 N–H and O–H groups in total. The molecule has 0 fully saturated rings. The molecule has 38 heavy (non-hydrogen) atoms. The molecule has 4 aromatic rings. The van der Waals surface area contributed by atoms with Crippen molar-refractivity contribution in [2.75, 3.05) is 14.2 Å². The number of methoxy groups -OCH3 is 2. The maximum absolute atomic E-state index is 12.2. The van der Waals surface area contributed by atoms with Gasteiger partial charge >= 0.3 is 11.9 Å². The van der Waals surface area contributed by atoms with E-state index in [9.17, 15) is 19.8 Å². The second-order valence-corrected chi connectivity index (χ2v) is 8.87. The maximum atomic E-state index is 12.2. The minimum Gasteiger partial charge on any atom is -0.465 e. The molecule has 2 unspecified atom stereocenters. The van der Waals surface area contributed by atoms with Crippen molar-refractivity contribution in [1.29, 1.82) is 0 Å². The summed E-state index contributed by atoms with van der Waals surface area (Å²) in [4.78, 5) is 33.0. The van der Waals surface area contributed by atoms with Crippen LogP contribution in [0.2, 0.25) is 0 Å². The number of nitrogens with zero attached hydrogens (tertiary/aromatic N) is 4. The molecule has 10 nitrogen and oxygen atoms in total. The van der Waals surface area contributed by atoms with E-state index in [-0.39, 0.29) is 6.42 Å². The lowest BCUT2D eigenvalue weighted by atomic mass is 10.1. The van der Waals surface area contributed by atoms with E-state index in [2.05, 4.69) is 9.97 Å². The maximum Gasteiger partial charge on any atom is 0.338 e. The Bertz CT molecular complexity index is 1420. The van der Waals surface area contributed by atoms with Gasteiger partial charge in [0, 0.05) is 38.1 Å². The van der Waals surface area contributed by atoms with Crippen molar-refractivity contribution in [3.63, 3.8) is 0 Å². The number of aliphatic hydroxyl groups is 2. The van der Waals surface area contributed by atoms with Crippen LogP contribution in [-0.4, -0.2) is 55.5 Å². The van der Waals surface area contributed by atoms with Crippen molar-refractivity contribution in [2.24, 2.45) is 0 Å². The first-order valence-electron chi connectivity index (χ1n) is 12.1. The van der Waals surface area contributed by atoms with E-state index < -0.39 is 24.1 Å². The van der Waals surface area contributed by atoms with Crippen molar-refractivity contribution in [2.45, 2.75) is 38.6 Å². The van der Waals surface area contributed by atoms with Crippen LogP contribution in [0.15, 0.2) is 67.1 Å². The number of carbonyl (C=O) groups is 2. The number of aliphatic hydroxyl groups excluding tert-OH is 2. The zero-order chi connectivity index (χ0) is 27.2. The number of aromatic nitrogens is 4. The molecule has 0 bridgehead atoms. The Morgan fingerprint density at radius 3 is 2.45 bits per heavy atom. The summed E-state index contributed by atoms with van der Waals surface area (Å²) in [7, 11) is 2.66. The lowest BCUT2D eigenvalue weighted by Crippen LogP contribution is -2.12. The fourth-order valence-electron chi connectivity index (χ4n) is 4.35. The Labute approximate surface area is 220 Å². The second-order valence-electron chi connectivity index (χ2n) is 8.87. The van der Waals surface area contributed by atoms with Gasteiger partial charge < -0.3 is 28.8 Å². The highest BCUT2D eigenvalue weighted by Crippen LogP contribution is 2.22. The first-order valence-corrected chi connectivity index (χ1v) is 12.1. The van der Waals surface area contributed by atoms with E-state index >= 15 is 0 Å². The first-order chi connectivity index (χ1) is 18.3. The predicted octanol–water partition coefficient (Wildman–Crippen LogP) is 3.08. The van der Waals surface area contributed by atoms with E-state index in [4.69, 9.17) is 9.47 Å². The highest BCUT2D eigenvalue weighted by molar-refractivity contribution is 5.91. The number of imidazole rings is 2. The van der Waals surface area contributed by atoms with Crippen LogP contribution in [0.3, 0.4) is 0 Å². The summed E-state index contributed by atoms with van der Waals surface area (Å²) in [5.41, 5.74) is 3.00. The largest absolute Gasteiger partial charge is 0.465 e. The Kier molecular flexibility index (Phi) is 8.35. The van der Waals surface area contributed by atoms with Gasteiger partial charge in [0.1, 0.15) is 23.9 Å². The number of hydrogen-bond acceptors (Lipinski definition) is 8. The molecular formula is C28H30N4O6. The van der Waals surface area contributed by atoms with Gasteiger partial charge in [-0.15, -0.1) is 0 Å². The van der Waals surface area contributed by atoms with Crippen LogP contribution in [-0.2, 0) is 29.0 Å². The van der Waals surface area contributed by atoms with Gasteiger partial charge in [-0.25, -0.2) is 19.6 Å². The molecule has 0 spiro atoms. The van der Waals surface area contributed by atoms with Gasteiger partial charge in [0.2, 0.25) is 0 Å². The van der Waals surface area contributed by atoms with E-state index in [0.29, 0.717) is 41.6 Å². The number of hydrogen-bond donors (Lipinski definition) is 2. The van der Waals surface area contributed by atoms with Crippen molar-refractivity contribution < 1.29 is 29.3 Å². The molecule has 2 atom stereocenters. The van der Waals surface area contributed by atoms with Crippen LogP contribution >= 0.6 is 0 Å². The third-order valence-electron chi connectivity index (χ3n) is 6.14. The number of rotatable bonds is 10. The molecule has 0 saturated heterocycles. The smallest absolute Gasteiger partial charge is 0.338 e. The highest BCUT2D eigenvalue weighted by Gasteiger charge is 2.21. The van der Waals surface area contributed by atoms with E-state index in [1.54, 1.807) is 65.0 Å². The van der Waals surface area contributed by atoms with E-state index in [0.717, 1.165) is 11.1 Å². The Morgan fingerprint density at radius 2 is 1.71 bits per heavy atom. The quantitative estimate of drug-likeness (QED) is 0.307. The third-order valence-corrected chi connectivity index (χ3v) is 6.14. The van der Waals surface area contributed by atoms with Gasteiger partial charge in [-0.2, -0.15) is 0 Å².